The Kier molecular flexibility index (Phi) is 30.5. The van der Waals surface area contributed by atoms with Gasteiger partial charge in [-0.2, -0.15) is 36.0 Å². The highest BCUT2D eigenvalue weighted by atomic mass is 19.1. The van der Waals surface area contributed by atoms with E-state index in [1.807, 2.05) is 165 Å². The van der Waals surface area contributed by atoms with Gasteiger partial charge < -0.3 is 9.13 Å². The van der Waals surface area contributed by atoms with Crippen molar-refractivity contribution in [1.82, 2.24) is 22.8 Å². The summed E-state index contributed by atoms with van der Waals surface area (Å²) in [5.41, 5.74) is 41.0. The minimum Gasteiger partial charge on any atom is -0.308 e. The maximum absolute atomic E-state index is 15.2. The Morgan fingerprint density at radius 2 is 0.485 bits per heavy atom. The Morgan fingerprint density at radius 3 is 0.838 bits per heavy atom. The van der Waals surface area contributed by atoms with Crippen LogP contribution in [0.5, 0.6) is 0 Å². The van der Waals surface area contributed by atoms with Crippen molar-refractivity contribution in [2.75, 3.05) is 0 Å². The number of aromatic nitrogens is 10. The van der Waals surface area contributed by atoms with Gasteiger partial charge in [-0.15, -0.1) is 0 Å². The SMILES string of the molecule is Cc1cc(C)c(-n2c(F)cc(C)c2-c2cccc[n+]2C)c(C)c1.Cc1cc(C)n(-c2c(-c3ccccc3)cccc2-c2ccccc2)c1-c1cccc[n+]1C.Cc1cc(C)n(-c2c(C(C)C)cc(-c3ccccc3)cc2C(C)C)c1-c1cccc[n+]1C.Cc1cc(F)n(-c2c(C(C)C)cccc2C(C)C)c1-c1cccc[n+]1C.Cc1cc(F)n(-c2ccccc2C(C)C)c1-c1cccc[n+]1C. The molecule has 10 nitrogen and oxygen atoms in total. The van der Waals surface area contributed by atoms with Crippen molar-refractivity contribution in [3.63, 3.8) is 0 Å². The smallest absolute Gasteiger partial charge is 0.229 e. The van der Waals surface area contributed by atoms with E-state index in [0.717, 1.165) is 84.6 Å². The molecule has 0 radical (unpaired) electrons. The largest absolute Gasteiger partial charge is 0.308 e. The summed E-state index contributed by atoms with van der Waals surface area (Å²) in [6.45, 7) is 43.1. The molecule has 0 N–H and O–H groups in total. The molecule has 0 bridgehead atoms. The first-order valence-corrected chi connectivity index (χ1v) is 47.7. The van der Waals surface area contributed by atoms with Gasteiger partial charge in [0.25, 0.3) is 0 Å². The van der Waals surface area contributed by atoms with Crippen LogP contribution in [0.25, 0.3) is 119 Å². The molecule has 0 spiro atoms. The molecule has 18 rings (SSSR count). The van der Waals surface area contributed by atoms with E-state index in [1.165, 1.54) is 118 Å². The fourth-order valence-corrected chi connectivity index (χ4v) is 19.6. The normalized spacial score (nSPS) is 11.3. The third kappa shape index (κ3) is 20.4. The van der Waals surface area contributed by atoms with Gasteiger partial charge in [0, 0.05) is 83.2 Å². The molecule has 10 aromatic heterocycles. The van der Waals surface area contributed by atoms with Crippen molar-refractivity contribution in [2.24, 2.45) is 35.2 Å². The van der Waals surface area contributed by atoms with Crippen molar-refractivity contribution in [3.05, 3.63) is 430 Å². The van der Waals surface area contributed by atoms with E-state index < -0.39 is 0 Å². The average molecular weight is 1810 g/mol. The van der Waals surface area contributed by atoms with Crippen LogP contribution in [0, 0.1) is 87.1 Å². The fraction of sp³-hybridized carbons (Fsp3) is 0.244. The molecule has 0 aliphatic carbocycles. The number of pyridine rings is 5. The van der Waals surface area contributed by atoms with E-state index in [0.29, 0.717) is 29.6 Å². The molecule has 0 atom stereocenters. The first-order chi connectivity index (χ1) is 65.2. The summed E-state index contributed by atoms with van der Waals surface area (Å²) in [6.07, 6.45) is 10.2. The zero-order valence-electron chi connectivity index (χ0n) is 84.2. The maximum Gasteiger partial charge on any atom is 0.229 e. The van der Waals surface area contributed by atoms with Gasteiger partial charge in [-0.25, -0.2) is 0 Å². The molecule has 10 heterocycles. The molecule has 0 fully saturated rings. The Balaban J connectivity index is 0.000000137. The Morgan fingerprint density at radius 1 is 0.213 bits per heavy atom. The van der Waals surface area contributed by atoms with E-state index in [2.05, 4.69) is 355 Å². The second kappa shape index (κ2) is 42.5. The monoisotopic (exact) mass is 1810 g/mol. The van der Waals surface area contributed by atoms with Crippen LogP contribution >= 0.6 is 0 Å². The second-order valence-electron chi connectivity index (χ2n) is 38.0. The number of rotatable bonds is 18. The lowest BCUT2D eigenvalue weighted by Gasteiger charge is -2.25. The lowest BCUT2D eigenvalue weighted by molar-refractivity contribution is -0.660. The Hall–Kier alpha value is -14.3. The van der Waals surface area contributed by atoms with Gasteiger partial charge in [0.1, 0.15) is 63.7 Å². The molecule has 0 saturated heterocycles. The van der Waals surface area contributed by atoms with Gasteiger partial charge in [-0.3, -0.25) is 13.7 Å². The number of hydrogen-bond acceptors (Lipinski definition) is 0. The van der Waals surface area contributed by atoms with Crippen molar-refractivity contribution in [1.29, 1.82) is 0 Å². The van der Waals surface area contributed by atoms with Gasteiger partial charge in [-0.05, 0) is 267 Å². The van der Waals surface area contributed by atoms with E-state index in [4.69, 9.17) is 0 Å². The summed E-state index contributed by atoms with van der Waals surface area (Å²) < 4.78 is 65.5. The highest BCUT2D eigenvalue weighted by Crippen LogP contribution is 2.45. The van der Waals surface area contributed by atoms with Crippen LogP contribution in [0.15, 0.2) is 328 Å². The summed E-state index contributed by atoms with van der Waals surface area (Å²) in [5.74, 6) is 1.09. The van der Waals surface area contributed by atoms with Gasteiger partial charge in [0.05, 0.1) is 28.4 Å². The van der Waals surface area contributed by atoms with E-state index in [-0.39, 0.29) is 17.8 Å². The van der Waals surface area contributed by atoms with Gasteiger partial charge in [0.15, 0.2) is 48.8 Å². The molecule has 0 unspecified atom stereocenters. The number of hydrogen-bond donors (Lipinski definition) is 0. The number of aryl methyl sites for hydroxylation is 15. The quantitative estimate of drug-likeness (QED) is 0.0769. The van der Waals surface area contributed by atoms with Gasteiger partial charge >= 0.3 is 0 Å². The first-order valence-electron chi connectivity index (χ1n) is 47.7. The highest BCUT2D eigenvalue weighted by molar-refractivity contribution is 5.88. The third-order valence-corrected chi connectivity index (χ3v) is 26.1. The predicted molar refractivity (Wildman–Crippen MR) is 556 cm³/mol. The molecule has 0 aliphatic heterocycles. The Labute approximate surface area is 805 Å². The van der Waals surface area contributed by atoms with Crippen molar-refractivity contribution in [2.45, 2.75) is 168 Å². The standard InChI is InChI=1S/C30H27N2.C30H35N2.C23H28FN2.2C20H22FN2/c1-22-21-23(2)32(29(22)28-19-10-11-20-31(28)3)30-26(24-13-6-4-7-14-24)17-12-18-27(30)25-15-8-5-9-16-25;1-20(2)26-18-25(24-13-9-8-10-14-24)19-27(21(3)4)30(26)32-23(6)17-22(5)29(32)28-15-11-12-16-31(28)7;1-15(2)18-10-9-11-19(16(3)4)23(18)26-21(24)14-17(5)22(26)20-12-7-8-13-25(20)6;1-13-10-14(2)19(15(3)11-13)23-18(21)12-16(4)20(23)17-8-6-7-9-22(17)5;1-14(2)16-9-5-6-10-17(16)23-19(21)13-15(3)20(23)18-11-7-8-12-22(18)4/h4-21H,1-3H3;8-21H,1-7H3;7-16H,1-6H3;6-12H,1-5H3;5-14H,1-4H3/q5*+1. The molecule has 136 heavy (non-hydrogen) atoms. The average Bonchev–Trinajstić information content (AvgIpc) is 1.61. The molecule has 692 valence electrons. The molecule has 13 heteroatoms. The molecule has 8 aromatic carbocycles. The molecule has 0 amide bonds. The summed E-state index contributed by atoms with van der Waals surface area (Å²) in [6, 6.07) is 102. The molecular formula is C123H134F3N10+5. The van der Waals surface area contributed by atoms with Crippen LogP contribution in [0.4, 0.5) is 13.2 Å². The number of benzene rings is 8. The lowest BCUT2D eigenvalue weighted by Crippen LogP contribution is -2.31. The van der Waals surface area contributed by atoms with Crippen molar-refractivity contribution >= 4 is 0 Å². The first kappa shape index (κ1) is 97.7. The van der Waals surface area contributed by atoms with Crippen LogP contribution < -0.4 is 22.8 Å². The minimum absolute atomic E-state index is 0.212. The lowest BCUT2D eigenvalue weighted by atomic mass is 9.88. The van der Waals surface area contributed by atoms with Gasteiger partial charge in [-0.1, -0.05) is 233 Å². The summed E-state index contributed by atoms with van der Waals surface area (Å²) in [4.78, 5) is 0. The summed E-state index contributed by atoms with van der Waals surface area (Å²) in [7, 11) is 10.2. The van der Waals surface area contributed by atoms with E-state index >= 15 is 4.39 Å². The van der Waals surface area contributed by atoms with Crippen LogP contribution in [-0.2, 0) is 35.2 Å². The van der Waals surface area contributed by atoms with Crippen molar-refractivity contribution in [3.8, 4) is 119 Å². The van der Waals surface area contributed by atoms with E-state index in [1.54, 1.807) is 27.3 Å². The molecule has 0 aliphatic rings. The van der Waals surface area contributed by atoms with Crippen LogP contribution in [0.1, 0.15) is 183 Å². The topological polar surface area (TPSA) is 44.0 Å². The molecule has 18 aromatic rings. The maximum atomic E-state index is 15.2. The Bertz CT molecular complexity index is 7150. The van der Waals surface area contributed by atoms with Crippen LogP contribution in [0.2, 0.25) is 0 Å². The zero-order valence-corrected chi connectivity index (χ0v) is 84.2. The summed E-state index contributed by atoms with van der Waals surface area (Å²) >= 11 is 0. The van der Waals surface area contributed by atoms with Crippen LogP contribution in [0.3, 0.4) is 0 Å². The third-order valence-electron chi connectivity index (χ3n) is 26.1. The minimum atomic E-state index is -0.227. The number of halogens is 3. The van der Waals surface area contributed by atoms with Crippen LogP contribution in [-0.4, -0.2) is 22.8 Å². The highest BCUT2D eigenvalue weighted by Gasteiger charge is 2.32. The molecule has 0 saturated carbocycles. The zero-order chi connectivity index (χ0) is 97.4. The second-order valence-corrected chi connectivity index (χ2v) is 38.0. The fourth-order valence-electron chi connectivity index (χ4n) is 19.6. The number of para-hydroxylation sites is 3. The van der Waals surface area contributed by atoms with Crippen molar-refractivity contribution < 1.29 is 36.0 Å². The summed E-state index contributed by atoms with van der Waals surface area (Å²) in [5, 5.41) is 0. The molecular weight excluding hydrogens is 1670 g/mol. The van der Waals surface area contributed by atoms with Gasteiger partial charge in [0.2, 0.25) is 28.5 Å². The predicted octanol–water partition coefficient (Wildman–Crippen LogP) is 29.0. The number of nitrogens with zero attached hydrogens (tertiary/aromatic N) is 10. The van der Waals surface area contributed by atoms with E-state index in [9.17, 15) is 8.78 Å².